The number of nitrogens with zero attached hydrogens (tertiary/aromatic N) is 2. The number of nitrogens with one attached hydrogen (secondary N) is 1. The van der Waals surface area contributed by atoms with E-state index in [9.17, 15) is 9.90 Å². The van der Waals surface area contributed by atoms with Crippen LogP contribution in [0.3, 0.4) is 0 Å². The van der Waals surface area contributed by atoms with E-state index < -0.39 is 6.10 Å². The van der Waals surface area contributed by atoms with Gasteiger partial charge in [0.25, 0.3) is 5.56 Å². The van der Waals surface area contributed by atoms with Gasteiger partial charge in [-0.15, -0.1) is 0 Å². The fourth-order valence-corrected chi connectivity index (χ4v) is 2.48. The van der Waals surface area contributed by atoms with Crippen molar-refractivity contribution in [3.05, 3.63) is 44.8 Å². The predicted octanol–water partition coefficient (Wildman–Crippen LogP) is 1.71. The molecule has 8 heteroatoms. The van der Waals surface area contributed by atoms with Crippen LogP contribution in [0, 0.1) is 0 Å². The second-order valence-electron chi connectivity index (χ2n) is 4.84. The lowest BCUT2D eigenvalue weighted by molar-refractivity contribution is 0.190. The van der Waals surface area contributed by atoms with Gasteiger partial charge in [0, 0.05) is 19.7 Å². The number of hydrogen-bond donors (Lipinski definition) is 2. The Morgan fingerprint density at radius 2 is 1.91 bits per heavy atom. The second-order valence-corrected chi connectivity index (χ2v) is 5.64. The molecule has 1 unspecified atom stereocenters. The minimum Gasteiger partial charge on any atom is -0.497 e. The zero-order valence-corrected chi connectivity index (χ0v) is 14.6. The Bertz CT molecular complexity index is 726. The van der Waals surface area contributed by atoms with Crippen LogP contribution in [0.1, 0.15) is 11.7 Å². The van der Waals surface area contributed by atoms with Crippen molar-refractivity contribution < 1.29 is 14.6 Å². The number of hydrogen-bond acceptors (Lipinski definition) is 6. The van der Waals surface area contributed by atoms with Crippen LogP contribution in [0.5, 0.6) is 11.5 Å². The summed E-state index contributed by atoms with van der Waals surface area (Å²) in [5.74, 6) is 1.18. The third kappa shape index (κ3) is 4.02. The molecule has 0 radical (unpaired) electrons. The number of methoxy groups -OCH3 is 2. The third-order valence-corrected chi connectivity index (χ3v) is 4.09. The van der Waals surface area contributed by atoms with Crippen molar-refractivity contribution in [3.8, 4) is 11.5 Å². The van der Waals surface area contributed by atoms with E-state index in [1.165, 1.54) is 10.9 Å². The molecule has 2 rings (SSSR count). The van der Waals surface area contributed by atoms with Crippen molar-refractivity contribution in [1.29, 1.82) is 0 Å². The maximum atomic E-state index is 11.8. The van der Waals surface area contributed by atoms with Crippen LogP contribution in [-0.4, -0.2) is 35.7 Å². The van der Waals surface area contributed by atoms with Crippen LogP contribution >= 0.6 is 15.9 Å². The summed E-state index contributed by atoms with van der Waals surface area (Å²) in [6.07, 6.45) is 0.708. The van der Waals surface area contributed by atoms with E-state index >= 15 is 0 Å². The fourth-order valence-electron chi connectivity index (χ4n) is 1.98. The first kappa shape index (κ1) is 17.3. The summed E-state index contributed by atoms with van der Waals surface area (Å²) >= 11 is 3.23. The molecule has 0 bridgehead atoms. The summed E-state index contributed by atoms with van der Waals surface area (Å²) < 4.78 is 12.0. The molecule has 0 spiro atoms. The van der Waals surface area contributed by atoms with Gasteiger partial charge in [-0.3, -0.25) is 4.79 Å². The Labute approximate surface area is 142 Å². The van der Waals surface area contributed by atoms with Crippen molar-refractivity contribution in [2.45, 2.75) is 6.10 Å². The Morgan fingerprint density at radius 1 is 1.30 bits per heavy atom. The molecule has 2 aromatic rings. The number of halogens is 1. The number of aromatic nitrogens is 2. The SMILES string of the molecule is COc1cc(OC)cc(C(O)CNc2cnn(C)c(=O)c2Br)c1. The van der Waals surface area contributed by atoms with Gasteiger partial charge in [0.05, 0.1) is 32.2 Å². The van der Waals surface area contributed by atoms with Crippen molar-refractivity contribution in [1.82, 2.24) is 9.78 Å². The molecule has 7 nitrogen and oxygen atoms in total. The van der Waals surface area contributed by atoms with E-state index in [1.54, 1.807) is 39.5 Å². The normalized spacial score (nSPS) is 11.9. The molecule has 1 aromatic carbocycles. The first-order valence-corrected chi connectivity index (χ1v) is 7.62. The van der Waals surface area contributed by atoms with Crippen LogP contribution in [-0.2, 0) is 7.05 Å². The number of aryl methyl sites for hydroxylation is 1. The summed E-state index contributed by atoms with van der Waals surface area (Å²) in [7, 11) is 4.66. The van der Waals surface area contributed by atoms with Gasteiger partial charge in [-0.2, -0.15) is 5.10 Å². The molecule has 0 fully saturated rings. The van der Waals surface area contributed by atoms with Gasteiger partial charge < -0.3 is 19.9 Å². The van der Waals surface area contributed by atoms with Crippen LogP contribution in [0.15, 0.2) is 33.7 Å². The highest BCUT2D eigenvalue weighted by Crippen LogP contribution is 2.27. The first-order chi connectivity index (χ1) is 11.0. The molecule has 1 heterocycles. The van der Waals surface area contributed by atoms with E-state index in [4.69, 9.17) is 9.47 Å². The molecule has 124 valence electrons. The largest absolute Gasteiger partial charge is 0.497 e. The highest BCUT2D eigenvalue weighted by atomic mass is 79.9. The van der Waals surface area contributed by atoms with Gasteiger partial charge >= 0.3 is 0 Å². The zero-order chi connectivity index (χ0) is 17.0. The van der Waals surface area contributed by atoms with Crippen molar-refractivity contribution in [3.63, 3.8) is 0 Å². The smallest absolute Gasteiger partial charge is 0.282 e. The van der Waals surface area contributed by atoms with Crippen molar-refractivity contribution in [2.24, 2.45) is 7.05 Å². The van der Waals surface area contributed by atoms with Crippen LogP contribution in [0.25, 0.3) is 0 Å². The lowest BCUT2D eigenvalue weighted by Crippen LogP contribution is -2.22. The van der Waals surface area contributed by atoms with E-state index in [1.807, 2.05) is 0 Å². The van der Waals surface area contributed by atoms with Gasteiger partial charge in [-0.05, 0) is 33.6 Å². The van der Waals surface area contributed by atoms with E-state index in [2.05, 4.69) is 26.3 Å². The molecule has 2 N–H and O–H groups in total. The van der Waals surface area contributed by atoms with E-state index in [-0.39, 0.29) is 12.1 Å². The fraction of sp³-hybridized carbons (Fsp3) is 0.333. The Morgan fingerprint density at radius 3 is 2.48 bits per heavy atom. The molecule has 1 atom stereocenters. The minimum atomic E-state index is -0.810. The van der Waals surface area contributed by atoms with Gasteiger partial charge in [0.2, 0.25) is 0 Å². The summed E-state index contributed by atoms with van der Waals surface area (Å²) in [4.78, 5) is 11.8. The summed E-state index contributed by atoms with van der Waals surface area (Å²) in [5, 5.41) is 17.3. The Hall–Kier alpha value is -2.06. The Kier molecular flexibility index (Phi) is 5.62. The number of aliphatic hydroxyl groups is 1. The average molecular weight is 384 g/mol. The van der Waals surface area contributed by atoms with E-state index in [0.29, 0.717) is 27.2 Å². The lowest BCUT2D eigenvalue weighted by atomic mass is 10.1. The molecular formula is C15H18BrN3O4. The Balaban J connectivity index is 2.15. The molecule has 1 aromatic heterocycles. The molecule has 0 saturated heterocycles. The summed E-state index contributed by atoms with van der Waals surface area (Å²) in [6, 6.07) is 5.18. The predicted molar refractivity (Wildman–Crippen MR) is 90.2 cm³/mol. The first-order valence-electron chi connectivity index (χ1n) is 6.83. The molecular weight excluding hydrogens is 366 g/mol. The molecule has 0 amide bonds. The van der Waals surface area contributed by atoms with Gasteiger partial charge in [0.1, 0.15) is 16.0 Å². The number of rotatable bonds is 6. The molecule has 0 aliphatic carbocycles. The van der Waals surface area contributed by atoms with Crippen molar-refractivity contribution >= 4 is 21.6 Å². The van der Waals surface area contributed by atoms with Crippen LogP contribution < -0.4 is 20.3 Å². The minimum absolute atomic E-state index is 0.198. The monoisotopic (exact) mass is 383 g/mol. The number of anilines is 1. The lowest BCUT2D eigenvalue weighted by Gasteiger charge is -2.16. The van der Waals surface area contributed by atoms with Crippen LogP contribution in [0.2, 0.25) is 0 Å². The highest BCUT2D eigenvalue weighted by molar-refractivity contribution is 9.10. The summed E-state index contributed by atoms with van der Waals surface area (Å²) in [6.45, 7) is 0.198. The standard InChI is InChI=1S/C15H18BrN3O4/c1-19-15(21)14(16)12(7-18-19)17-8-13(20)9-4-10(22-2)6-11(5-9)23-3/h4-7,13,17,20H,8H2,1-3H3. The number of ether oxygens (including phenoxy) is 2. The van der Waals surface area contributed by atoms with Gasteiger partial charge in [-0.25, -0.2) is 4.68 Å². The van der Waals surface area contributed by atoms with E-state index in [0.717, 1.165) is 0 Å². The number of benzene rings is 1. The molecule has 0 saturated carbocycles. The second kappa shape index (κ2) is 7.47. The van der Waals surface area contributed by atoms with Crippen LogP contribution in [0.4, 0.5) is 5.69 Å². The van der Waals surface area contributed by atoms with Gasteiger partial charge in [0.15, 0.2) is 0 Å². The maximum absolute atomic E-state index is 11.8. The van der Waals surface area contributed by atoms with Crippen molar-refractivity contribution in [2.75, 3.05) is 26.1 Å². The summed E-state index contributed by atoms with van der Waals surface area (Å²) in [5.41, 5.74) is 0.899. The zero-order valence-electron chi connectivity index (χ0n) is 13.0. The maximum Gasteiger partial charge on any atom is 0.282 e. The highest BCUT2D eigenvalue weighted by Gasteiger charge is 2.13. The molecule has 23 heavy (non-hydrogen) atoms. The topological polar surface area (TPSA) is 85.6 Å². The van der Waals surface area contributed by atoms with Gasteiger partial charge in [-0.1, -0.05) is 0 Å². The molecule has 0 aliphatic rings. The third-order valence-electron chi connectivity index (χ3n) is 3.32. The molecule has 0 aliphatic heterocycles. The average Bonchev–Trinajstić information content (AvgIpc) is 2.58. The number of aliphatic hydroxyl groups excluding tert-OH is 1. The quantitative estimate of drug-likeness (QED) is 0.789.